The molecule has 0 aromatic heterocycles. The van der Waals surface area contributed by atoms with Gasteiger partial charge in [-0.2, -0.15) is 0 Å². The number of rotatable bonds is 4. The molecule has 2 heterocycles. The molecule has 7 heteroatoms. The van der Waals surface area contributed by atoms with E-state index in [2.05, 4.69) is 10.2 Å². The Hall–Kier alpha value is -0.460. The Morgan fingerprint density at radius 3 is 2.58 bits per heavy atom. The van der Waals surface area contributed by atoms with Gasteiger partial charge in [-0.25, -0.2) is 0 Å². The number of carbonyl (C=O) groups is 1. The van der Waals surface area contributed by atoms with Crippen molar-refractivity contribution in [1.82, 2.24) is 15.1 Å². The van der Waals surface area contributed by atoms with Gasteiger partial charge >= 0.3 is 0 Å². The second-order valence-electron chi connectivity index (χ2n) is 6.23. The van der Waals surface area contributed by atoms with Gasteiger partial charge in [0.1, 0.15) is 0 Å². The number of halogens is 2. The Morgan fingerprint density at radius 1 is 1.25 bits per heavy atom. The standard InChI is InChI=1S/C17H24ClN3OS.ClH/c1-13(23-16-4-2-14(18)3-5-16)17(22)21-9-6-15(12-21)20-10-7-19-8-11-20;/h2-5,13,15,19H,6-12H2,1H3;1H. The van der Waals surface area contributed by atoms with Crippen LogP contribution in [0.5, 0.6) is 0 Å². The number of thioether (sulfide) groups is 1. The van der Waals surface area contributed by atoms with Crippen LogP contribution in [0.3, 0.4) is 0 Å². The number of likely N-dealkylation sites (tertiary alicyclic amines) is 1. The molecule has 1 aromatic carbocycles. The summed E-state index contributed by atoms with van der Waals surface area (Å²) in [6.07, 6.45) is 1.10. The number of piperazine rings is 1. The highest BCUT2D eigenvalue weighted by molar-refractivity contribution is 8.00. The first-order chi connectivity index (χ1) is 11.1. The number of carbonyl (C=O) groups excluding carboxylic acids is 1. The van der Waals surface area contributed by atoms with E-state index in [1.54, 1.807) is 11.8 Å². The first-order valence-corrected chi connectivity index (χ1v) is 9.55. The van der Waals surface area contributed by atoms with Gasteiger partial charge in [-0.05, 0) is 37.6 Å². The molecule has 1 amide bonds. The number of nitrogens with one attached hydrogen (secondary N) is 1. The van der Waals surface area contributed by atoms with E-state index < -0.39 is 0 Å². The molecule has 134 valence electrons. The zero-order chi connectivity index (χ0) is 16.2. The number of hydrogen-bond donors (Lipinski definition) is 1. The first-order valence-electron chi connectivity index (χ1n) is 8.29. The van der Waals surface area contributed by atoms with E-state index in [1.165, 1.54) is 0 Å². The fourth-order valence-corrected chi connectivity index (χ4v) is 4.39. The van der Waals surface area contributed by atoms with Crippen molar-refractivity contribution in [3.63, 3.8) is 0 Å². The van der Waals surface area contributed by atoms with Gasteiger partial charge in [0.2, 0.25) is 5.91 Å². The SMILES string of the molecule is CC(Sc1ccc(Cl)cc1)C(=O)N1CCC(N2CCNCC2)C1.Cl. The van der Waals surface area contributed by atoms with Gasteiger partial charge in [0, 0.05) is 55.2 Å². The van der Waals surface area contributed by atoms with Crippen molar-refractivity contribution in [2.45, 2.75) is 29.5 Å². The van der Waals surface area contributed by atoms with Gasteiger partial charge in [-0.15, -0.1) is 24.2 Å². The maximum atomic E-state index is 12.7. The van der Waals surface area contributed by atoms with Crippen LogP contribution in [-0.2, 0) is 4.79 Å². The van der Waals surface area contributed by atoms with Crippen molar-refractivity contribution >= 4 is 41.7 Å². The minimum Gasteiger partial charge on any atom is -0.340 e. The van der Waals surface area contributed by atoms with Crippen molar-refractivity contribution in [2.75, 3.05) is 39.3 Å². The molecule has 2 fully saturated rings. The van der Waals surface area contributed by atoms with Crippen LogP contribution in [0.25, 0.3) is 0 Å². The molecule has 0 bridgehead atoms. The normalized spacial score (nSPS) is 22.9. The summed E-state index contributed by atoms with van der Waals surface area (Å²) < 4.78 is 0. The van der Waals surface area contributed by atoms with Crippen molar-refractivity contribution in [3.8, 4) is 0 Å². The Bertz CT molecular complexity index is 537. The molecule has 0 saturated carbocycles. The van der Waals surface area contributed by atoms with E-state index in [0.29, 0.717) is 6.04 Å². The molecular formula is C17H25Cl2N3OS. The number of benzene rings is 1. The first kappa shape index (κ1) is 19.9. The van der Waals surface area contributed by atoms with Crippen molar-refractivity contribution in [3.05, 3.63) is 29.3 Å². The zero-order valence-electron chi connectivity index (χ0n) is 13.9. The lowest BCUT2D eigenvalue weighted by Gasteiger charge is -2.32. The number of amides is 1. The monoisotopic (exact) mass is 389 g/mol. The highest BCUT2D eigenvalue weighted by Gasteiger charge is 2.32. The third-order valence-corrected chi connectivity index (χ3v) is 5.97. The molecule has 24 heavy (non-hydrogen) atoms. The minimum absolute atomic E-state index is 0. The molecule has 2 aliphatic heterocycles. The molecule has 3 rings (SSSR count). The molecule has 1 N–H and O–H groups in total. The number of nitrogens with zero attached hydrogens (tertiary/aromatic N) is 2. The summed E-state index contributed by atoms with van der Waals surface area (Å²) in [5, 5.41) is 4.06. The predicted molar refractivity (Wildman–Crippen MR) is 103 cm³/mol. The number of hydrogen-bond acceptors (Lipinski definition) is 4. The van der Waals surface area contributed by atoms with E-state index >= 15 is 0 Å². The topological polar surface area (TPSA) is 35.6 Å². The third kappa shape index (κ3) is 5.02. The second kappa shape index (κ2) is 9.30. The van der Waals surface area contributed by atoms with Crippen molar-refractivity contribution < 1.29 is 4.79 Å². The van der Waals surface area contributed by atoms with Crippen LogP contribution in [0.1, 0.15) is 13.3 Å². The van der Waals surface area contributed by atoms with Gasteiger partial charge in [0.05, 0.1) is 5.25 Å². The summed E-state index contributed by atoms with van der Waals surface area (Å²) in [5.74, 6) is 0.252. The largest absolute Gasteiger partial charge is 0.340 e. The summed E-state index contributed by atoms with van der Waals surface area (Å²) in [5.41, 5.74) is 0. The van der Waals surface area contributed by atoms with E-state index in [-0.39, 0.29) is 23.6 Å². The van der Waals surface area contributed by atoms with E-state index in [1.807, 2.05) is 36.1 Å². The highest BCUT2D eigenvalue weighted by Crippen LogP contribution is 2.27. The molecule has 2 saturated heterocycles. The average Bonchev–Trinajstić information content (AvgIpc) is 3.07. The van der Waals surface area contributed by atoms with E-state index in [0.717, 1.165) is 55.6 Å². The molecule has 0 radical (unpaired) electrons. The lowest BCUT2D eigenvalue weighted by atomic mass is 10.2. The van der Waals surface area contributed by atoms with E-state index in [4.69, 9.17) is 11.6 Å². The Balaban J connectivity index is 0.00000208. The zero-order valence-corrected chi connectivity index (χ0v) is 16.3. The van der Waals surface area contributed by atoms with Crippen LogP contribution < -0.4 is 5.32 Å². The Morgan fingerprint density at radius 2 is 1.92 bits per heavy atom. The molecule has 2 aliphatic rings. The fraction of sp³-hybridized carbons (Fsp3) is 0.588. The van der Waals surface area contributed by atoms with Crippen molar-refractivity contribution in [1.29, 1.82) is 0 Å². The van der Waals surface area contributed by atoms with Gasteiger partial charge in [0.15, 0.2) is 0 Å². The molecular weight excluding hydrogens is 365 g/mol. The lowest BCUT2D eigenvalue weighted by Crippen LogP contribution is -2.49. The lowest BCUT2D eigenvalue weighted by molar-refractivity contribution is -0.129. The minimum atomic E-state index is -0.0575. The highest BCUT2D eigenvalue weighted by atomic mass is 35.5. The van der Waals surface area contributed by atoms with Gasteiger partial charge in [0.25, 0.3) is 0 Å². The molecule has 4 nitrogen and oxygen atoms in total. The summed E-state index contributed by atoms with van der Waals surface area (Å²) >= 11 is 7.52. The van der Waals surface area contributed by atoms with Crippen LogP contribution in [0.2, 0.25) is 5.02 Å². The van der Waals surface area contributed by atoms with Crippen LogP contribution in [0.15, 0.2) is 29.2 Å². The Labute approximate surface area is 159 Å². The third-order valence-electron chi connectivity index (χ3n) is 4.62. The van der Waals surface area contributed by atoms with Gasteiger partial charge in [-0.3, -0.25) is 9.69 Å². The second-order valence-corrected chi connectivity index (χ2v) is 8.08. The van der Waals surface area contributed by atoms with Crippen molar-refractivity contribution in [2.24, 2.45) is 0 Å². The van der Waals surface area contributed by atoms with Gasteiger partial charge in [-0.1, -0.05) is 11.6 Å². The Kier molecular flexibility index (Phi) is 7.69. The van der Waals surface area contributed by atoms with E-state index in [9.17, 15) is 4.79 Å². The average molecular weight is 390 g/mol. The van der Waals surface area contributed by atoms with Crippen LogP contribution in [0.4, 0.5) is 0 Å². The molecule has 0 spiro atoms. The predicted octanol–water partition coefficient (Wildman–Crippen LogP) is 2.75. The summed E-state index contributed by atoms with van der Waals surface area (Å²) in [6.45, 7) is 8.09. The van der Waals surface area contributed by atoms with Gasteiger partial charge < -0.3 is 10.2 Å². The molecule has 2 atom stereocenters. The summed E-state index contributed by atoms with van der Waals surface area (Å²) in [4.78, 5) is 18.4. The smallest absolute Gasteiger partial charge is 0.235 e. The van der Waals surface area contributed by atoms with Crippen LogP contribution in [0, 0.1) is 0 Å². The molecule has 0 aliphatic carbocycles. The van der Waals surface area contributed by atoms with Crippen LogP contribution >= 0.6 is 35.8 Å². The molecule has 2 unspecified atom stereocenters. The summed E-state index contributed by atoms with van der Waals surface area (Å²) in [7, 11) is 0. The van der Waals surface area contributed by atoms with Crippen LogP contribution in [-0.4, -0.2) is 66.3 Å². The maximum absolute atomic E-state index is 12.7. The molecule has 1 aromatic rings. The maximum Gasteiger partial charge on any atom is 0.235 e. The quantitative estimate of drug-likeness (QED) is 0.802. The summed E-state index contributed by atoms with van der Waals surface area (Å²) in [6, 6.07) is 8.23. The fourth-order valence-electron chi connectivity index (χ4n) is 3.31.